The lowest BCUT2D eigenvalue weighted by Crippen LogP contribution is -2.44. The number of hydrogen-bond donors (Lipinski definition) is 0. The number of imidazole rings is 1. The average Bonchev–Trinajstić information content (AvgIpc) is 3.53. The van der Waals surface area contributed by atoms with Crippen LogP contribution in [0.15, 0.2) is 41.2 Å². The van der Waals surface area contributed by atoms with E-state index in [1.54, 1.807) is 0 Å². The van der Waals surface area contributed by atoms with E-state index in [0.29, 0.717) is 43.1 Å². The molecule has 0 N–H and O–H groups in total. The van der Waals surface area contributed by atoms with Gasteiger partial charge in [-0.1, -0.05) is 12.1 Å². The van der Waals surface area contributed by atoms with Gasteiger partial charge < -0.3 is 24.0 Å². The molecule has 3 aromatic heterocycles. The van der Waals surface area contributed by atoms with Gasteiger partial charge in [-0.15, -0.1) is 0 Å². The van der Waals surface area contributed by atoms with Gasteiger partial charge >= 0.3 is 0 Å². The monoisotopic (exact) mass is 472 g/mol. The Balaban J connectivity index is 1.43. The van der Waals surface area contributed by atoms with E-state index in [-0.39, 0.29) is 16.9 Å². The molecule has 35 heavy (non-hydrogen) atoms. The molecule has 180 valence electrons. The fourth-order valence-electron chi connectivity index (χ4n) is 5.85. The number of likely N-dealkylation sites (tertiary alicyclic amines) is 1. The van der Waals surface area contributed by atoms with Gasteiger partial charge in [0.05, 0.1) is 36.3 Å². The van der Waals surface area contributed by atoms with Crippen molar-refractivity contribution in [2.75, 3.05) is 57.4 Å². The zero-order valence-corrected chi connectivity index (χ0v) is 19.7. The third-order valence-electron chi connectivity index (χ3n) is 7.68. The van der Waals surface area contributed by atoms with E-state index >= 15 is 0 Å². The number of morpholine rings is 1. The molecule has 4 aromatic rings. The summed E-state index contributed by atoms with van der Waals surface area (Å²) >= 11 is 0. The largest absolute Gasteiger partial charge is 0.378 e. The van der Waals surface area contributed by atoms with Gasteiger partial charge in [0.2, 0.25) is 5.43 Å². The Hall–Kier alpha value is -3.43. The number of carbonyl (C=O) groups excluding carboxylic acids is 1. The second kappa shape index (κ2) is 8.07. The highest BCUT2D eigenvalue weighted by Gasteiger charge is 2.33. The number of fused-ring (bicyclic) bond motifs is 5. The van der Waals surface area contributed by atoms with Crippen molar-refractivity contribution in [2.24, 2.45) is 0 Å². The highest BCUT2D eigenvalue weighted by molar-refractivity contribution is 6.07. The summed E-state index contributed by atoms with van der Waals surface area (Å²) < 4.78 is 9.62. The van der Waals surface area contributed by atoms with Crippen LogP contribution < -0.4 is 10.3 Å². The van der Waals surface area contributed by atoms with E-state index in [4.69, 9.17) is 9.72 Å². The Kier molecular flexibility index (Phi) is 4.82. The summed E-state index contributed by atoms with van der Waals surface area (Å²) in [6.07, 6.45) is 2.43. The number of benzene rings is 1. The zero-order chi connectivity index (χ0) is 23.5. The lowest BCUT2D eigenvalue weighted by atomic mass is 10.1. The summed E-state index contributed by atoms with van der Waals surface area (Å²) in [6, 6.07) is 11.8. The van der Waals surface area contributed by atoms with Crippen molar-refractivity contribution >= 4 is 39.4 Å². The molecule has 0 unspecified atom stereocenters. The number of rotatable bonds is 4. The topological polar surface area (TPSA) is 75.3 Å². The molecule has 9 nitrogen and oxygen atoms in total. The zero-order valence-electron chi connectivity index (χ0n) is 19.7. The van der Waals surface area contributed by atoms with E-state index in [2.05, 4.69) is 20.4 Å². The molecule has 2 saturated heterocycles. The standard InChI is InChI=1S/C26H28N6O3/c33-23-18-7-8-21(29-13-15-35-16-14-29)27-24(18)32-20-6-2-1-5-19(20)31-17-30(26(34)22(23)25(31)32)12-11-28-9-3-4-10-28/h1-2,5-8H,3-4,9-17H2. The van der Waals surface area contributed by atoms with Gasteiger partial charge in [-0.3, -0.25) is 14.0 Å². The van der Waals surface area contributed by atoms with Crippen molar-refractivity contribution in [3.63, 3.8) is 0 Å². The minimum absolute atomic E-state index is 0.179. The molecular formula is C26H28N6O3. The van der Waals surface area contributed by atoms with E-state index in [9.17, 15) is 9.59 Å². The molecule has 0 saturated carbocycles. The van der Waals surface area contributed by atoms with Crippen LogP contribution in [0.2, 0.25) is 0 Å². The van der Waals surface area contributed by atoms with E-state index < -0.39 is 0 Å². The molecule has 0 bridgehead atoms. The normalized spacial score (nSPS) is 19.0. The van der Waals surface area contributed by atoms with Gasteiger partial charge in [0, 0.05) is 26.2 Å². The molecular weight excluding hydrogens is 444 g/mol. The lowest BCUT2D eigenvalue weighted by molar-refractivity contribution is 0.0673. The van der Waals surface area contributed by atoms with Gasteiger partial charge in [-0.25, -0.2) is 4.98 Å². The Morgan fingerprint density at radius 3 is 2.46 bits per heavy atom. The van der Waals surface area contributed by atoms with Crippen LogP contribution in [0.25, 0.3) is 27.7 Å². The number of ether oxygens (including phenoxy) is 1. The molecule has 9 heteroatoms. The third kappa shape index (κ3) is 3.18. The first-order valence-electron chi connectivity index (χ1n) is 12.5. The number of aromatic nitrogens is 3. The molecule has 7 rings (SSSR count). The van der Waals surface area contributed by atoms with Crippen molar-refractivity contribution < 1.29 is 9.53 Å². The van der Waals surface area contributed by atoms with Crippen molar-refractivity contribution in [3.8, 4) is 0 Å². The van der Waals surface area contributed by atoms with Gasteiger partial charge in [0.25, 0.3) is 5.91 Å². The van der Waals surface area contributed by atoms with Crippen LogP contribution in [0, 0.1) is 0 Å². The van der Waals surface area contributed by atoms with Crippen molar-refractivity contribution in [2.45, 2.75) is 19.5 Å². The smallest absolute Gasteiger partial charge is 0.263 e. The summed E-state index contributed by atoms with van der Waals surface area (Å²) in [6.45, 7) is 6.90. The first-order chi connectivity index (χ1) is 17.2. The second-order valence-electron chi connectivity index (χ2n) is 9.68. The highest BCUT2D eigenvalue weighted by atomic mass is 16.5. The van der Waals surface area contributed by atoms with Crippen LogP contribution >= 0.6 is 0 Å². The first-order valence-corrected chi connectivity index (χ1v) is 12.5. The molecule has 0 radical (unpaired) electrons. The fraction of sp³-hybridized carbons (Fsp3) is 0.423. The second-order valence-corrected chi connectivity index (χ2v) is 9.68. The highest BCUT2D eigenvalue weighted by Crippen LogP contribution is 2.31. The predicted octanol–water partition coefficient (Wildman–Crippen LogP) is 2.15. The van der Waals surface area contributed by atoms with Crippen LogP contribution in [0.1, 0.15) is 23.2 Å². The number of para-hydroxylation sites is 2. The maximum atomic E-state index is 13.8. The number of nitrogens with zero attached hydrogens (tertiary/aromatic N) is 6. The Labute approximate surface area is 202 Å². The first kappa shape index (κ1) is 20.9. The van der Waals surface area contributed by atoms with E-state index in [1.807, 2.05) is 39.6 Å². The van der Waals surface area contributed by atoms with Crippen molar-refractivity contribution in [1.29, 1.82) is 0 Å². The van der Waals surface area contributed by atoms with E-state index in [0.717, 1.165) is 49.6 Å². The summed E-state index contributed by atoms with van der Waals surface area (Å²) in [5.41, 5.74) is 3.22. The van der Waals surface area contributed by atoms with Crippen LogP contribution in [0.5, 0.6) is 0 Å². The predicted molar refractivity (Wildman–Crippen MR) is 134 cm³/mol. The van der Waals surface area contributed by atoms with Gasteiger partial charge in [0.15, 0.2) is 5.65 Å². The number of hydrogen-bond acceptors (Lipinski definition) is 6. The van der Waals surface area contributed by atoms with Gasteiger partial charge in [-0.05, 0) is 50.2 Å². The van der Waals surface area contributed by atoms with Crippen LogP contribution in [-0.4, -0.2) is 82.1 Å². The summed E-state index contributed by atoms with van der Waals surface area (Å²) in [5.74, 6) is 0.648. The molecule has 1 aromatic carbocycles. The molecule has 1 amide bonds. The number of amides is 1. The number of anilines is 1. The number of pyridine rings is 2. The van der Waals surface area contributed by atoms with Crippen LogP contribution in [0.4, 0.5) is 5.82 Å². The van der Waals surface area contributed by atoms with Gasteiger partial charge in [0.1, 0.15) is 17.0 Å². The Morgan fingerprint density at radius 2 is 1.66 bits per heavy atom. The molecule has 2 fully saturated rings. The maximum Gasteiger partial charge on any atom is 0.263 e. The van der Waals surface area contributed by atoms with Crippen molar-refractivity contribution in [1.82, 2.24) is 23.8 Å². The van der Waals surface area contributed by atoms with Crippen LogP contribution in [-0.2, 0) is 11.4 Å². The minimum atomic E-state index is -0.235. The Bertz CT molecular complexity index is 1530. The molecule has 6 heterocycles. The summed E-state index contributed by atoms with van der Waals surface area (Å²) in [5, 5.41) is 0.479. The Morgan fingerprint density at radius 1 is 0.886 bits per heavy atom. The van der Waals surface area contributed by atoms with E-state index in [1.165, 1.54) is 12.8 Å². The molecule has 0 atom stereocenters. The minimum Gasteiger partial charge on any atom is -0.378 e. The molecule has 0 aliphatic carbocycles. The molecule has 0 spiro atoms. The van der Waals surface area contributed by atoms with Gasteiger partial charge in [-0.2, -0.15) is 0 Å². The number of carbonyl (C=O) groups is 1. The lowest BCUT2D eigenvalue weighted by Gasteiger charge is -2.30. The SMILES string of the molecule is O=C1c2c(=O)c3ccc(N4CCOCC4)nc3n3c4ccccc4n(c23)CN1CCN1CCCC1. The average molecular weight is 473 g/mol. The molecule has 3 aliphatic heterocycles. The fourth-order valence-corrected chi connectivity index (χ4v) is 5.85. The molecule has 3 aliphatic rings. The third-order valence-corrected chi connectivity index (χ3v) is 7.68. The quantitative estimate of drug-likeness (QED) is 0.453. The van der Waals surface area contributed by atoms with Crippen LogP contribution in [0.3, 0.4) is 0 Å². The summed E-state index contributed by atoms with van der Waals surface area (Å²) in [7, 11) is 0. The van der Waals surface area contributed by atoms with Crippen molar-refractivity contribution in [3.05, 3.63) is 52.2 Å². The maximum absolute atomic E-state index is 13.8. The summed E-state index contributed by atoms with van der Waals surface area (Å²) in [4.78, 5) is 38.9.